The molecular formula is C15H14O5. The summed E-state index contributed by atoms with van der Waals surface area (Å²) >= 11 is 0. The molecule has 1 aromatic carbocycles. The van der Waals surface area contributed by atoms with Gasteiger partial charge in [-0.05, 0) is 24.3 Å². The summed E-state index contributed by atoms with van der Waals surface area (Å²) in [6.45, 7) is 0. The molecule has 0 unspecified atom stereocenters. The molecule has 0 spiro atoms. The summed E-state index contributed by atoms with van der Waals surface area (Å²) in [7, 11) is 3.13. The minimum atomic E-state index is -0.605. The highest BCUT2D eigenvalue weighted by atomic mass is 16.5. The van der Waals surface area contributed by atoms with E-state index >= 15 is 0 Å². The molecule has 2 rings (SSSR count). The van der Waals surface area contributed by atoms with Gasteiger partial charge >= 0.3 is 5.63 Å². The summed E-state index contributed by atoms with van der Waals surface area (Å²) in [4.78, 5) is 11.1. The van der Waals surface area contributed by atoms with Crippen LogP contribution in [0.4, 0.5) is 0 Å². The third kappa shape index (κ3) is 3.20. The normalized spacial score (nSPS) is 10.7. The molecule has 0 saturated carbocycles. The molecule has 1 N–H and O–H groups in total. The Morgan fingerprint density at radius 1 is 1.10 bits per heavy atom. The summed E-state index contributed by atoms with van der Waals surface area (Å²) in [5, 5.41) is 9.33. The van der Waals surface area contributed by atoms with Crippen LogP contribution in [0.25, 0.3) is 12.2 Å². The molecule has 0 radical (unpaired) electrons. The van der Waals surface area contributed by atoms with E-state index in [2.05, 4.69) is 0 Å². The molecule has 0 amide bonds. The minimum Gasteiger partial charge on any atom is -0.508 e. The van der Waals surface area contributed by atoms with Crippen molar-refractivity contribution in [2.45, 2.75) is 0 Å². The Balaban J connectivity index is 2.33. The van der Waals surface area contributed by atoms with Gasteiger partial charge in [0.05, 0.1) is 20.3 Å². The van der Waals surface area contributed by atoms with E-state index in [1.165, 1.54) is 6.07 Å². The highest BCUT2D eigenvalue weighted by Gasteiger charge is 2.03. The van der Waals surface area contributed by atoms with Gasteiger partial charge in [-0.2, -0.15) is 0 Å². The first kappa shape index (κ1) is 13.7. The van der Waals surface area contributed by atoms with Gasteiger partial charge in [0.2, 0.25) is 0 Å². The minimum absolute atomic E-state index is 0.136. The molecule has 0 bridgehead atoms. The number of methoxy groups -OCH3 is 2. The summed E-state index contributed by atoms with van der Waals surface area (Å²) in [6, 6.07) is 7.72. The zero-order valence-corrected chi connectivity index (χ0v) is 11.1. The number of rotatable bonds is 4. The molecule has 104 valence electrons. The van der Waals surface area contributed by atoms with E-state index in [-0.39, 0.29) is 11.5 Å². The van der Waals surface area contributed by atoms with Gasteiger partial charge in [-0.25, -0.2) is 4.79 Å². The lowest BCUT2D eigenvalue weighted by atomic mass is 10.1. The summed E-state index contributed by atoms with van der Waals surface area (Å²) in [5.74, 6) is 1.43. The molecule has 0 aliphatic heterocycles. The van der Waals surface area contributed by atoms with Crippen LogP contribution in [0.15, 0.2) is 39.5 Å². The van der Waals surface area contributed by atoms with E-state index < -0.39 is 5.63 Å². The third-order valence-corrected chi connectivity index (χ3v) is 2.64. The van der Waals surface area contributed by atoms with Crippen LogP contribution in [0.2, 0.25) is 0 Å². The van der Waals surface area contributed by atoms with Crippen LogP contribution >= 0.6 is 0 Å². The Kier molecular flexibility index (Phi) is 4.10. The maximum atomic E-state index is 11.1. The predicted molar refractivity (Wildman–Crippen MR) is 75.1 cm³/mol. The molecule has 5 heteroatoms. The van der Waals surface area contributed by atoms with Crippen molar-refractivity contribution in [1.82, 2.24) is 0 Å². The molecule has 0 aliphatic carbocycles. The Hall–Kier alpha value is -2.69. The summed E-state index contributed by atoms with van der Waals surface area (Å²) in [6.07, 6.45) is 3.29. The van der Waals surface area contributed by atoms with Crippen LogP contribution in [0.5, 0.6) is 17.2 Å². The van der Waals surface area contributed by atoms with Crippen molar-refractivity contribution in [2.75, 3.05) is 14.2 Å². The molecular weight excluding hydrogens is 260 g/mol. The van der Waals surface area contributed by atoms with E-state index in [4.69, 9.17) is 13.9 Å². The topological polar surface area (TPSA) is 68.9 Å². The molecule has 1 heterocycles. The monoisotopic (exact) mass is 274 g/mol. The van der Waals surface area contributed by atoms with Crippen molar-refractivity contribution >= 4 is 12.2 Å². The van der Waals surface area contributed by atoms with Crippen molar-refractivity contribution in [3.8, 4) is 17.2 Å². The smallest absolute Gasteiger partial charge is 0.339 e. The van der Waals surface area contributed by atoms with E-state index in [1.54, 1.807) is 38.5 Å². The molecule has 0 fully saturated rings. The van der Waals surface area contributed by atoms with Gasteiger partial charge in [0.25, 0.3) is 0 Å². The zero-order chi connectivity index (χ0) is 14.5. The Morgan fingerprint density at radius 3 is 2.55 bits per heavy atom. The Labute approximate surface area is 115 Å². The molecule has 5 nitrogen and oxygen atoms in total. The molecule has 0 saturated heterocycles. The quantitative estimate of drug-likeness (QED) is 0.927. The Morgan fingerprint density at radius 2 is 1.90 bits per heavy atom. The molecule has 2 aromatic rings. The maximum absolute atomic E-state index is 11.1. The zero-order valence-electron chi connectivity index (χ0n) is 11.1. The Bertz CT molecular complexity index is 685. The highest BCUT2D eigenvalue weighted by Crippen LogP contribution is 2.26. The summed E-state index contributed by atoms with van der Waals surface area (Å²) in [5.41, 5.74) is 0.186. The van der Waals surface area contributed by atoms with Crippen molar-refractivity contribution in [1.29, 1.82) is 0 Å². The van der Waals surface area contributed by atoms with Crippen LogP contribution in [0.1, 0.15) is 11.3 Å². The SMILES string of the molecule is COc1ccc(/C=C/c2cc(O)cc(=O)o2)c(OC)c1. The maximum Gasteiger partial charge on any atom is 0.339 e. The van der Waals surface area contributed by atoms with Crippen LogP contribution < -0.4 is 15.1 Å². The fourth-order valence-electron chi connectivity index (χ4n) is 1.69. The van der Waals surface area contributed by atoms with Gasteiger partial charge in [-0.1, -0.05) is 0 Å². The van der Waals surface area contributed by atoms with Gasteiger partial charge in [0.1, 0.15) is 23.0 Å². The largest absolute Gasteiger partial charge is 0.508 e. The predicted octanol–water partition coefficient (Wildman–Crippen LogP) is 2.53. The van der Waals surface area contributed by atoms with Crippen molar-refractivity contribution in [3.63, 3.8) is 0 Å². The van der Waals surface area contributed by atoms with Crippen LogP contribution in [-0.4, -0.2) is 19.3 Å². The van der Waals surface area contributed by atoms with Crippen LogP contribution in [0, 0.1) is 0 Å². The van der Waals surface area contributed by atoms with Crippen molar-refractivity contribution in [3.05, 3.63) is 52.1 Å². The second-order valence-electron chi connectivity index (χ2n) is 3.98. The van der Waals surface area contributed by atoms with E-state index in [0.29, 0.717) is 11.5 Å². The number of hydrogen-bond donors (Lipinski definition) is 1. The fraction of sp³-hybridized carbons (Fsp3) is 0.133. The fourth-order valence-corrected chi connectivity index (χ4v) is 1.69. The number of aromatic hydroxyl groups is 1. The summed E-state index contributed by atoms with van der Waals surface area (Å²) < 4.78 is 15.3. The van der Waals surface area contributed by atoms with E-state index in [1.807, 2.05) is 6.07 Å². The third-order valence-electron chi connectivity index (χ3n) is 2.64. The lowest BCUT2D eigenvalue weighted by Crippen LogP contribution is -1.95. The highest BCUT2D eigenvalue weighted by molar-refractivity contribution is 5.71. The molecule has 0 aliphatic rings. The first-order valence-electron chi connectivity index (χ1n) is 5.86. The lowest BCUT2D eigenvalue weighted by molar-refractivity contribution is 0.394. The van der Waals surface area contributed by atoms with Gasteiger partial charge in [0.15, 0.2) is 0 Å². The van der Waals surface area contributed by atoms with Crippen molar-refractivity contribution < 1.29 is 19.0 Å². The van der Waals surface area contributed by atoms with E-state index in [9.17, 15) is 9.90 Å². The van der Waals surface area contributed by atoms with Crippen molar-refractivity contribution in [2.24, 2.45) is 0 Å². The van der Waals surface area contributed by atoms with Crippen LogP contribution in [0.3, 0.4) is 0 Å². The van der Waals surface area contributed by atoms with E-state index in [0.717, 1.165) is 11.6 Å². The average molecular weight is 274 g/mol. The molecule has 20 heavy (non-hydrogen) atoms. The van der Waals surface area contributed by atoms with Crippen LogP contribution in [-0.2, 0) is 0 Å². The number of ether oxygens (including phenoxy) is 2. The van der Waals surface area contributed by atoms with Gasteiger partial charge in [-0.3, -0.25) is 0 Å². The molecule has 0 atom stereocenters. The lowest BCUT2D eigenvalue weighted by Gasteiger charge is -2.07. The first-order chi connectivity index (χ1) is 9.62. The van der Waals surface area contributed by atoms with Gasteiger partial charge < -0.3 is 19.0 Å². The average Bonchev–Trinajstić information content (AvgIpc) is 2.44. The first-order valence-corrected chi connectivity index (χ1v) is 5.86. The van der Waals surface area contributed by atoms with Gasteiger partial charge in [-0.15, -0.1) is 0 Å². The second kappa shape index (κ2) is 5.97. The van der Waals surface area contributed by atoms with Gasteiger partial charge in [0, 0.05) is 17.7 Å². The second-order valence-corrected chi connectivity index (χ2v) is 3.98. The molecule has 1 aromatic heterocycles. The number of hydrogen-bond acceptors (Lipinski definition) is 5. The number of benzene rings is 1. The standard InChI is InChI=1S/C15H14O5/c1-18-12-5-3-10(14(9-12)19-2)4-6-13-7-11(16)8-15(17)20-13/h3-9,16H,1-2H3/b6-4+.